The Labute approximate surface area is 561 Å². The van der Waals surface area contributed by atoms with Gasteiger partial charge in [-0.2, -0.15) is 0 Å². The fourth-order valence-corrected chi connectivity index (χ4v) is 12.1. The smallest absolute Gasteiger partial charge is 0.462 e. The molecule has 19 heteroatoms. The summed E-state index contributed by atoms with van der Waals surface area (Å²) in [7, 11) is -9.92. The molecule has 0 heterocycles. The summed E-state index contributed by atoms with van der Waals surface area (Å²) in [5.41, 5.74) is 0. The molecular formula is C73H138O17P2. The first-order valence-electron chi connectivity index (χ1n) is 37.3. The van der Waals surface area contributed by atoms with Crippen molar-refractivity contribution in [2.75, 3.05) is 39.6 Å². The first-order chi connectivity index (χ1) is 44.4. The van der Waals surface area contributed by atoms with Crippen LogP contribution in [0.5, 0.6) is 0 Å². The molecular weight excluding hydrogens is 1210 g/mol. The molecule has 0 aliphatic carbocycles. The highest BCUT2D eigenvalue weighted by Crippen LogP contribution is 2.45. The van der Waals surface area contributed by atoms with Gasteiger partial charge in [0.1, 0.15) is 19.3 Å². The van der Waals surface area contributed by atoms with Crippen LogP contribution in [0, 0.1) is 11.8 Å². The second-order valence-corrected chi connectivity index (χ2v) is 29.3. The van der Waals surface area contributed by atoms with Gasteiger partial charge in [0.25, 0.3) is 0 Å². The van der Waals surface area contributed by atoms with Crippen LogP contribution in [-0.4, -0.2) is 96.7 Å². The quantitative estimate of drug-likeness (QED) is 0.0169. The number of allylic oxidation sites excluding steroid dienone is 4. The van der Waals surface area contributed by atoms with Crippen molar-refractivity contribution in [3.8, 4) is 0 Å². The van der Waals surface area contributed by atoms with Gasteiger partial charge in [-0.05, 0) is 63.2 Å². The summed E-state index contributed by atoms with van der Waals surface area (Å²) >= 11 is 0. The van der Waals surface area contributed by atoms with Gasteiger partial charge in [-0.25, -0.2) is 9.13 Å². The number of unbranched alkanes of at least 4 members (excludes halogenated alkanes) is 36. The number of aliphatic hydroxyl groups excluding tert-OH is 1. The van der Waals surface area contributed by atoms with Gasteiger partial charge >= 0.3 is 39.5 Å². The molecule has 0 aromatic heterocycles. The lowest BCUT2D eigenvalue weighted by Gasteiger charge is -2.21. The van der Waals surface area contributed by atoms with E-state index in [1.165, 1.54) is 141 Å². The fourth-order valence-electron chi connectivity index (χ4n) is 10.5. The molecule has 0 saturated heterocycles. The Morgan fingerprint density at radius 3 is 0.978 bits per heavy atom. The minimum Gasteiger partial charge on any atom is -0.462 e. The predicted octanol–water partition coefficient (Wildman–Crippen LogP) is 20.7. The number of hydrogen-bond acceptors (Lipinski definition) is 15. The number of esters is 4. The van der Waals surface area contributed by atoms with E-state index in [-0.39, 0.29) is 25.7 Å². The third kappa shape index (κ3) is 64.9. The van der Waals surface area contributed by atoms with Crippen LogP contribution in [0.25, 0.3) is 0 Å². The molecule has 0 saturated carbocycles. The Morgan fingerprint density at radius 2 is 0.641 bits per heavy atom. The van der Waals surface area contributed by atoms with Gasteiger partial charge in [-0.1, -0.05) is 297 Å². The average Bonchev–Trinajstić information content (AvgIpc) is 1.80. The SMILES string of the molecule is CCCCCC/C=C\C=C/CCCCCCCC(=O)OC[C@H](COP(=O)(O)OC[C@@H](O)COP(=O)(O)OC[C@@H](COC(=O)CCCCCCCCC(C)C)OC(=O)CCCCCCCCC(C)CC)OC(=O)CCCCCCCCCCCCCCCCCCCC. The zero-order valence-electron chi connectivity index (χ0n) is 59.3. The van der Waals surface area contributed by atoms with Crippen molar-refractivity contribution in [3.63, 3.8) is 0 Å². The van der Waals surface area contributed by atoms with E-state index < -0.39 is 97.5 Å². The fraction of sp³-hybridized carbons (Fsp3) is 0.890. The lowest BCUT2D eigenvalue weighted by Crippen LogP contribution is -2.30. The zero-order valence-corrected chi connectivity index (χ0v) is 61.1. The number of rotatable bonds is 70. The van der Waals surface area contributed by atoms with E-state index in [0.29, 0.717) is 31.6 Å². The van der Waals surface area contributed by atoms with Gasteiger partial charge in [0.05, 0.1) is 26.4 Å². The molecule has 0 aromatic carbocycles. The van der Waals surface area contributed by atoms with Crippen LogP contribution in [-0.2, 0) is 65.4 Å². The lowest BCUT2D eigenvalue weighted by atomic mass is 10.00. The topological polar surface area (TPSA) is 237 Å². The zero-order chi connectivity index (χ0) is 67.9. The Balaban J connectivity index is 5.26. The maximum absolute atomic E-state index is 13.0. The van der Waals surface area contributed by atoms with Gasteiger partial charge < -0.3 is 33.8 Å². The maximum Gasteiger partial charge on any atom is 0.472 e. The minimum absolute atomic E-state index is 0.0996. The first kappa shape index (κ1) is 89.5. The highest BCUT2D eigenvalue weighted by Gasteiger charge is 2.30. The van der Waals surface area contributed by atoms with Crippen LogP contribution < -0.4 is 0 Å². The third-order valence-corrected chi connectivity index (χ3v) is 18.6. The summed E-state index contributed by atoms with van der Waals surface area (Å²) in [6, 6.07) is 0. The van der Waals surface area contributed by atoms with E-state index in [9.17, 15) is 43.2 Å². The Morgan fingerprint density at radius 1 is 0.359 bits per heavy atom. The van der Waals surface area contributed by atoms with E-state index in [1.54, 1.807) is 0 Å². The Hall–Kier alpha value is -2.46. The standard InChI is InChI=1S/C73H138O17P2/c1-7-10-12-14-16-18-20-22-24-25-26-28-30-32-34-36-45-51-57-72(77)89-68(61-83-70(75)55-49-43-35-33-31-29-27-23-21-19-17-15-13-11-8-2)63-87-91(79,80)85-59-67(74)60-86-92(81,82)88-64-69(62-84-71(76)56-50-44-39-37-41-47-53-65(4)5)90-73(78)58-52-46-40-38-42-48-54-66(6)9-3/h19,21,23,27,65-69,74H,7-18,20,22,24-26,28-64H2,1-6H3,(H,79,80)(H,81,82)/b21-19-,27-23-/t66?,67-,68-,69-/m1/s1. The van der Waals surface area contributed by atoms with Gasteiger partial charge in [0.15, 0.2) is 12.2 Å². The van der Waals surface area contributed by atoms with Crippen LogP contribution >= 0.6 is 15.6 Å². The van der Waals surface area contributed by atoms with Crippen LogP contribution in [0.2, 0.25) is 0 Å². The molecule has 3 N–H and O–H groups in total. The van der Waals surface area contributed by atoms with Crippen molar-refractivity contribution in [3.05, 3.63) is 24.3 Å². The largest absolute Gasteiger partial charge is 0.472 e. The minimum atomic E-state index is -4.96. The normalized spacial score (nSPS) is 14.5. The molecule has 17 nitrogen and oxygen atoms in total. The van der Waals surface area contributed by atoms with Crippen molar-refractivity contribution >= 4 is 39.5 Å². The Bertz CT molecular complexity index is 1880. The molecule has 6 atom stereocenters. The van der Waals surface area contributed by atoms with Gasteiger partial charge in [0.2, 0.25) is 0 Å². The molecule has 3 unspecified atom stereocenters. The van der Waals surface area contributed by atoms with E-state index >= 15 is 0 Å². The number of phosphoric acid groups is 2. The van der Waals surface area contributed by atoms with E-state index in [1.807, 2.05) is 0 Å². The molecule has 0 aliphatic rings. The van der Waals surface area contributed by atoms with Crippen molar-refractivity contribution in [2.24, 2.45) is 11.8 Å². The maximum atomic E-state index is 13.0. The molecule has 0 amide bonds. The second kappa shape index (κ2) is 64.5. The highest BCUT2D eigenvalue weighted by molar-refractivity contribution is 7.47. The molecule has 92 heavy (non-hydrogen) atoms. The number of aliphatic hydroxyl groups is 1. The summed E-state index contributed by atoms with van der Waals surface area (Å²) in [4.78, 5) is 72.6. The Kier molecular flexibility index (Phi) is 62.8. The van der Waals surface area contributed by atoms with E-state index in [2.05, 4.69) is 65.8 Å². The van der Waals surface area contributed by atoms with Gasteiger partial charge in [-0.15, -0.1) is 0 Å². The molecule has 542 valence electrons. The van der Waals surface area contributed by atoms with Crippen LogP contribution in [0.4, 0.5) is 0 Å². The third-order valence-electron chi connectivity index (χ3n) is 16.7. The van der Waals surface area contributed by atoms with Gasteiger partial charge in [-0.3, -0.25) is 37.3 Å². The number of carbonyl (C=O) groups is 4. The average molecular weight is 1350 g/mol. The van der Waals surface area contributed by atoms with Crippen LogP contribution in [0.15, 0.2) is 24.3 Å². The van der Waals surface area contributed by atoms with E-state index in [0.717, 1.165) is 121 Å². The van der Waals surface area contributed by atoms with Crippen molar-refractivity contribution in [1.29, 1.82) is 0 Å². The van der Waals surface area contributed by atoms with Crippen molar-refractivity contribution < 1.29 is 80.2 Å². The highest BCUT2D eigenvalue weighted by atomic mass is 31.2. The van der Waals surface area contributed by atoms with Gasteiger partial charge in [0, 0.05) is 25.7 Å². The number of phosphoric ester groups is 2. The molecule has 0 fully saturated rings. The first-order valence-corrected chi connectivity index (χ1v) is 40.3. The van der Waals surface area contributed by atoms with Crippen molar-refractivity contribution in [1.82, 2.24) is 0 Å². The molecule has 0 bridgehead atoms. The number of hydrogen-bond donors (Lipinski definition) is 3. The molecule has 0 aromatic rings. The molecule has 0 aliphatic heterocycles. The second-order valence-electron chi connectivity index (χ2n) is 26.4. The van der Waals surface area contributed by atoms with Crippen molar-refractivity contribution in [2.45, 2.75) is 368 Å². The lowest BCUT2D eigenvalue weighted by molar-refractivity contribution is -0.161. The van der Waals surface area contributed by atoms with Crippen LogP contribution in [0.3, 0.4) is 0 Å². The number of ether oxygens (including phenoxy) is 4. The van der Waals surface area contributed by atoms with Crippen LogP contribution in [0.1, 0.15) is 350 Å². The summed E-state index contributed by atoms with van der Waals surface area (Å²) < 4.78 is 68.3. The summed E-state index contributed by atoms with van der Waals surface area (Å²) in [6.45, 7) is 9.36. The molecule has 0 rings (SSSR count). The summed E-state index contributed by atoms with van der Waals surface area (Å²) in [5, 5.41) is 10.6. The molecule has 0 spiro atoms. The summed E-state index contributed by atoms with van der Waals surface area (Å²) in [5.74, 6) is -0.760. The summed E-state index contributed by atoms with van der Waals surface area (Å²) in [6.07, 6.45) is 53.8. The number of carbonyl (C=O) groups excluding carboxylic acids is 4. The molecule has 0 radical (unpaired) electrons. The monoisotopic (exact) mass is 1350 g/mol. The predicted molar refractivity (Wildman–Crippen MR) is 372 cm³/mol. The van der Waals surface area contributed by atoms with E-state index in [4.69, 9.17) is 37.0 Å².